The molecule has 0 fully saturated rings. The van der Waals surface area contributed by atoms with Gasteiger partial charge in [0.1, 0.15) is 0 Å². The summed E-state index contributed by atoms with van der Waals surface area (Å²) < 4.78 is 0.750. The molecule has 0 aliphatic rings. The van der Waals surface area contributed by atoms with Gasteiger partial charge in [-0.15, -0.1) is 22.6 Å². The minimum absolute atomic E-state index is 0. The zero-order valence-corrected chi connectivity index (χ0v) is 16.1. The van der Waals surface area contributed by atoms with E-state index in [9.17, 15) is 4.79 Å². The number of hydrogen-bond acceptors (Lipinski definition) is 6. The van der Waals surface area contributed by atoms with Crippen LogP contribution in [0.2, 0.25) is 10.0 Å². The predicted octanol–water partition coefficient (Wildman–Crippen LogP) is 4.11. The molecular formula is C13H15Cl3N4OS2. The van der Waals surface area contributed by atoms with Crippen molar-refractivity contribution >= 4 is 69.7 Å². The molecule has 126 valence electrons. The van der Waals surface area contributed by atoms with E-state index in [1.165, 1.54) is 23.1 Å². The van der Waals surface area contributed by atoms with Crippen molar-refractivity contribution in [1.29, 1.82) is 0 Å². The number of rotatable bonds is 7. The van der Waals surface area contributed by atoms with Crippen LogP contribution in [0.5, 0.6) is 0 Å². The fraction of sp³-hybridized carbons (Fsp3) is 0.308. The third-order valence-corrected chi connectivity index (χ3v) is 5.36. The first-order valence-corrected chi connectivity index (χ1v) is 8.99. The predicted molar refractivity (Wildman–Crippen MR) is 100 cm³/mol. The number of amides is 1. The Morgan fingerprint density at radius 3 is 2.65 bits per heavy atom. The highest BCUT2D eigenvalue weighted by molar-refractivity contribution is 8.00. The molecule has 0 bridgehead atoms. The standard InChI is InChI=1S/C13H14Cl2N4OS2.ClH/c1-16-6-5-11(20)17-12-18-19-13(22-12)21-7-8-9(14)3-2-4-10(8)15;/h2-4,16H,5-7H2,1H3,(H,17,18,20);1H. The zero-order chi connectivity index (χ0) is 15.9. The molecule has 5 nitrogen and oxygen atoms in total. The van der Waals surface area contributed by atoms with Crippen molar-refractivity contribution in [3.8, 4) is 0 Å². The van der Waals surface area contributed by atoms with Crippen LogP contribution in [-0.2, 0) is 10.5 Å². The highest BCUT2D eigenvalue weighted by Gasteiger charge is 2.11. The van der Waals surface area contributed by atoms with E-state index in [4.69, 9.17) is 23.2 Å². The van der Waals surface area contributed by atoms with Gasteiger partial charge in [0.05, 0.1) is 0 Å². The molecule has 1 heterocycles. The maximum Gasteiger partial charge on any atom is 0.227 e. The molecule has 1 amide bonds. The summed E-state index contributed by atoms with van der Waals surface area (Å²) in [5, 5.41) is 15.4. The van der Waals surface area contributed by atoms with E-state index >= 15 is 0 Å². The Kier molecular flexibility index (Phi) is 9.19. The van der Waals surface area contributed by atoms with Crippen LogP contribution >= 0.6 is 58.7 Å². The van der Waals surface area contributed by atoms with Gasteiger partial charge in [-0.25, -0.2) is 0 Å². The molecule has 0 radical (unpaired) electrons. The molecule has 1 aromatic heterocycles. The Morgan fingerprint density at radius 2 is 2.00 bits per heavy atom. The molecule has 2 aromatic rings. The summed E-state index contributed by atoms with van der Waals surface area (Å²) in [7, 11) is 1.80. The average Bonchev–Trinajstić information content (AvgIpc) is 2.92. The van der Waals surface area contributed by atoms with Gasteiger partial charge < -0.3 is 10.6 Å². The second-order valence-corrected chi connectivity index (χ2v) is 7.28. The lowest BCUT2D eigenvalue weighted by atomic mass is 10.2. The van der Waals surface area contributed by atoms with Crippen molar-refractivity contribution < 1.29 is 4.79 Å². The van der Waals surface area contributed by atoms with Crippen LogP contribution in [-0.4, -0.2) is 29.7 Å². The summed E-state index contributed by atoms with van der Waals surface area (Å²) >= 11 is 15.1. The van der Waals surface area contributed by atoms with Gasteiger partial charge in [-0.3, -0.25) is 4.79 Å². The maximum atomic E-state index is 11.6. The smallest absolute Gasteiger partial charge is 0.227 e. The Balaban J connectivity index is 0.00000264. The van der Waals surface area contributed by atoms with E-state index in [0.717, 1.165) is 9.90 Å². The largest absolute Gasteiger partial charge is 0.319 e. The summed E-state index contributed by atoms with van der Waals surface area (Å²) in [6.45, 7) is 0.622. The van der Waals surface area contributed by atoms with Crippen molar-refractivity contribution in [2.45, 2.75) is 16.5 Å². The third kappa shape index (κ3) is 6.45. The van der Waals surface area contributed by atoms with E-state index in [2.05, 4.69) is 20.8 Å². The summed E-state index contributed by atoms with van der Waals surface area (Å²) in [5.74, 6) is 0.511. The van der Waals surface area contributed by atoms with Gasteiger partial charge in [0.15, 0.2) is 4.34 Å². The van der Waals surface area contributed by atoms with Crippen LogP contribution in [0.3, 0.4) is 0 Å². The molecule has 0 aliphatic heterocycles. The molecule has 0 saturated heterocycles. The number of carbonyl (C=O) groups excluding carboxylic acids is 1. The number of benzene rings is 1. The maximum absolute atomic E-state index is 11.6. The summed E-state index contributed by atoms with van der Waals surface area (Å²) in [6, 6.07) is 5.41. The number of thioether (sulfide) groups is 1. The second-order valence-electron chi connectivity index (χ2n) is 4.26. The topological polar surface area (TPSA) is 66.9 Å². The summed E-state index contributed by atoms with van der Waals surface area (Å²) in [4.78, 5) is 11.6. The van der Waals surface area contributed by atoms with Crippen LogP contribution in [0.25, 0.3) is 0 Å². The lowest BCUT2D eigenvalue weighted by Gasteiger charge is -2.04. The number of hydrogen-bond donors (Lipinski definition) is 2. The van der Waals surface area contributed by atoms with Crippen molar-refractivity contribution in [1.82, 2.24) is 15.5 Å². The summed E-state index contributed by atoms with van der Waals surface area (Å²) in [5.41, 5.74) is 0.866. The van der Waals surface area contributed by atoms with Crippen LogP contribution in [0, 0.1) is 0 Å². The van der Waals surface area contributed by atoms with Gasteiger partial charge in [0.2, 0.25) is 11.0 Å². The molecule has 0 saturated carbocycles. The summed E-state index contributed by atoms with van der Waals surface area (Å²) in [6.07, 6.45) is 0.397. The molecule has 2 N–H and O–H groups in total. The number of aromatic nitrogens is 2. The number of nitrogens with one attached hydrogen (secondary N) is 2. The molecule has 2 rings (SSSR count). The molecule has 0 spiro atoms. The van der Waals surface area contributed by atoms with Gasteiger partial charge in [0, 0.05) is 28.8 Å². The Labute approximate surface area is 159 Å². The third-order valence-electron chi connectivity index (χ3n) is 2.66. The molecule has 0 aliphatic carbocycles. The molecule has 0 unspecified atom stereocenters. The first-order chi connectivity index (χ1) is 10.6. The Bertz CT molecular complexity index is 634. The number of anilines is 1. The van der Waals surface area contributed by atoms with E-state index in [-0.39, 0.29) is 18.3 Å². The number of nitrogens with zero attached hydrogens (tertiary/aromatic N) is 2. The van der Waals surface area contributed by atoms with Crippen molar-refractivity contribution in [3.05, 3.63) is 33.8 Å². The molecular weight excluding hydrogens is 399 g/mol. The van der Waals surface area contributed by atoms with Crippen LogP contribution in [0.15, 0.2) is 22.5 Å². The fourth-order valence-electron chi connectivity index (χ4n) is 1.54. The Morgan fingerprint density at radius 1 is 1.30 bits per heavy atom. The molecule has 10 heteroatoms. The van der Waals surface area contributed by atoms with Crippen molar-refractivity contribution in [3.63, 3.8) is 0 Å². The first kappa shape index (κ1) is 20.5. The van der Waals surface area contributed by atoms with Gasteiger partial charge in [-0.1, -0.05) is 52.4 Å². The van der Waals surface area contributed by atoms with Crippen molar-refractivity contribution in [2.24, 2.45) is 0 Å². The van der Waals surface area contributed by atoms with Gasteiger partial charge >= 0.3 is 0 Å². The van der Waals surface area contributed by atoms with Crippen LogP contribution in [0.1, 0.15) is 12.0 Å². The van der Waals surface area contributed by atoms with Crippen LogP contribution in [0.4, 0.5) is 5.13 Å². The monoisotopic (exact) mass is 412 g/mol. The van der Waals surface area contributed by atoms with E-state index in [0.29, 0.717) is 33.9 Å². The normalized spacial score (nSPS) is 10.2. The first-order valence-electron chi connectivity index (χ1n) is 6.44. The zero-order valence-electron chi connectivity index (χ0n) is 12.1. The molecule has 1 aromatic carbocycles. The van der Waals surface area contributed by atoms with Crippen molar-refractivity contribution in [2.75, 3.05) is 18.9 Å². The van der Waals surface area contributed by atoms with Gasteiger partial charge in [-0.2, -0.15) is 0 Å². The molecule has 0 atom stereocenters. The minimum Gasteiger partial charge on any atom is -0.319 e. The highest BCUT2D eigenvalue weighted by atomic mass is 35.5. The lowest BCUT2D eigenvalue weighted by molar-refractivity contribution is -0.116. The highest BCUT2D eigenvalue weighted by Crippen LogP contribution is 2.33. The quantitative estimate of drug-likeness (QED) is 0.528. The van der Waals surface area contributed by atoms with Crippen LogP contribution < -0.4 is 10.6 Å². The van der Waals surface area contributed by atoms with Gasteiger partial charge in [0.25, 0.3) is 0 Å². The average molecular weight is 414 g/mol. The van der Waals surface area contributed by atoms with Gasteiger partial charge in [-0.05, 0) is 24.7 Å². The van der Waals surface area contributed by atoms with E-state index in [1.807, 2.05) is 6.07 Å². The fourth-order valence-corrected chi connectivity index (χ4v) is 4.05. The SMILES string of the molecule is CNCCC(=O)Nc1nnc(SCc2c(Cl)cccc2Cl)s1.Cl. The second kappa shape index (κ2) is 10.3. The minimum atomic E-state index is -0.0869. The van der Waals surface area contributed by atoms with E-state index < -0.39 is 0 Å². The number of carbonyl (C=O) groups is 1. The Hall–Kier alpha value is -0.570. The molecule has 23 heavy (non-hydrogen) atoms. The lowest BCUT2D eigenvalue weighted by Crippen LogP contribution is -2.18. The van der Waals surface area contributed by atoms with E-state index in [1.54, 1.807) is 19.2 Å². The number of halogens is 3.